The van der Waals surface area contributed by atoms with Gasteiger partial charge in [0.05, 0.1) is 0 Å². The lowest BCUT2D eigenvalue weighted by atomic mass is 9.88. The number of hydrogen-bond donors (Lipinski definition) is 0. The van der Waals surface area contributed by atoms with Crippen molar-refractivity contribution in [1.82, 2.24) is 4.98 Å². The molecule has 1 aromatic carbocycles. The Kier molecular flexibility index (Phi) is 6.47. The first-order chi connectivity index (χ1) is 11.0. The maximum Gasteiger partial charge on any atom is 0.0406 e. The summed E-state index contributed by atoms with van der Waals surface area (Å²) in [6.45, 7) is 10.8. The zero-order valence-electron chi connectivity index (χ0n) is 14.7. The molecule has 0 bridgehead atoms. The van der Waals surface area contributed by atoms with E-state index >= 15 is 0 Å². The number of nitrogens with zero attached hydrogens (tertiary/aromatic N) is 1. The molecule has 0 N–H and O–H groups in total. The lowest BCUT2D eigenvalue weighted by molar-refractivity contribution is 0.634. The Bertz CT molecular complexity index is 626. The number of aryl methyl sites for hydroxylation is 1. The minimum Gasteiger partial charge on any atom is -0.261 e. The highest BCUT2D eigenvalue weighted by molar-refractivity contribution is 8.02. The van der Waals surface area contributed by atoms with Gasteiger partial charge in [-0.15, -0.1) is 11.8 Å². The van der Waals surface area contributed by atoms with Crippen molar-refractivity contribution < 1.29 is 0 Å². The smallest absolute Gasteiger partial charge is 0.0406 e. The number of thioether (sulfide) groups is 1. The SMILES string of the molecule is C=C(CC(c1ccc(C)cc1)c1ccc(CC(C)C)nc1)SC. The standard InChI is InChI=1S/C21H27NS/c1-15(2)12-20-11-10-19(14-22-20)21(13-17(4)23-5)18-8-6-16(3)7-9-18/h6-11,14-15,21H,4,12-13H2,1-3,5H3. The molecule has 2 rings (SSSR count). The van der Waals surface area contributed by atoms with Gasteiger partial charge in [0.25, 0.3) is 0 Å². The van der Waals surface area contributed by atoms with E-state index in [4.69, 9.17) is 0 Å². The maximum absolute atomic E-state index is 4.68. The molecule has 1 nitrogen and oxygen atoms in total. The second-order valence-electron chi connectivity index (χ2n) is 6.59. The van der Waals surface area contributed by atoms with Crippen LogP contribution in [0.5, 0.6) is 0 Å². The van der Waals surface area contributed by atoms with Crippen molar-refractivity contribution in [1.29, 1.82) is 0 Å². The van der Waals surface area contributed by atoms with Crippen LogP contribution in [0.1, 0.15) is 48.6 Å². The second kappa shape index (κ2) is 8.35. The first-order valence-corrected chi connectivity index (χ1v) is 9.45. The molecule has 0 radical (unpaired) electrons. The van der Waals surface area contributed by atoms with Crippen LogP contribution in [0.25, 0.3) is 0 Å². The monoisotopic (exact) mass is 325 g/mol. The summed E-state index contributed by atoms with van der Waals surface area (Å²) in [5.41, 5.74) is 5.08. The Morgan fingerprint density at radius 3 is 2.26 bits per heavy atom. The average Bonchev–Trinajstić information content (AvgIpc) is 2.54. The fourth-order valence-electron chi connectivity index (χ4n) is 2.72. The minimum absolute atomic E-state index is 0.330. The summed E-state index contributed by atoms with van der Waals surface area (Å²) in [6.07, 6.45) is 6.14. The number of aromatic nitrogens is 1. The van der Waals surface area contributed by atoms with Gasteiger partial charge >= 0.3 is 0 Å². The highest BCUT2D eigenvalue weighted by atomic mass is 32.2. The summed E-state index contributed by atoms with van der Waals surface area (Å²) in [5.74, 6) is 0.966. The van der Waals surface area contributed by atoms with E-state index in [9.17, 15) is 0 Å². The molecule has 2 heteroatoms. The third kappa shape index (κ3) is 5.24. The van der Waals surface area contributed by atoms with Gasteiger partial charge in [-0.1, -0.05) is 56.3 Å². The molecule has 0 amide bonds. The van der Waals surface area contributed by atoms with Crippen molar-refractivity contribution in [2.75, 3.05) is 6.26 Å². The molecule has 1 atom stereocenters. The zero-order chi connectivity index (χ0) is 16.8. The van der Waals surface area contributed by atoms with Gasteiger partial charge in [-0.2, -0.15) is 0 Å². The molecule has 1 unspecified atom stereocenters. The van der Waals surface area contributed by atoms with Gasteiger partial charge in [-0.3, -0.25) is 4.98 Å². The summed E-state index contributed by atoms with van der Waals surface area (Å²) >= 11 is 1.74. The summed E-state index contributed by atoms with van der Waals surface area (Å²) in [6, 6.07) is 13.3. The van der Waals surface area contributed by atoms with Gasteiger partial charge in [0.1, 0.15) is 0 Å². The van der Waals surface area contributed by atoms with Gasteiger partial charge in [-0.05, 0) is 54.0 Å². The van der Waals surface area contributed by atoms with Crippen LogP contribution in [0.3, 0.4) is 0 Å². The molecule has 0 saturated carbocycles. The van der Waals surface area contributed by atoms with Crippen LogP contribution in [-0.4, -0.2) is 11.2 Å². The van der Waals surface area contributed by atoms with E-state index in [1.165, 1.54) is 27.3 Å². The Hall–Kier alpha value is -1.54. The van der Waals surface area contributed by atoms with E-state index in [1.807, 2.05) is 0 Å². The van der Waals surface area contributed by atoms with Crippen molar-refractivity contribution >= 4 is 11.8 Å². The average molecular weight is 326 g/mol. The quantitative estimate of drug-likeness (QED) is 0.620. The third-order valence-electron chi connectivity index (χ3n) is 4.07. The van der Waals surface area contributed by atoms with E-state index in [-0.39, 0.29) is 0 Å². The molecule has 0 spiro atoms. The second-order valence-corrected chi connectivity index (χ2v) is 7.58. The highest BCUT2D eigenvalue weighted by Crippen LogP contribution is 2.33. The molecule has 2 aromatic rings. The number of rotatable bonds is 7. The summed E-state index contributed by atoms with van der Waals surface area (Å²) < 4.78 is 0. The number of hydrogen-bond acceptors (Lipinski definition) is 2. The van der Waals surface area contributed by atoms with Crippen LogP contribution in [-0.2, 0) is 6.42 Å². The molecule has 1 aromatic heterocycles. The van der Waals surface area contributed by atoms with E-state index < -0.39 is 0 Å². The normalized spacial score (nSPS) is 12.4. The molecule has 0 aliphatic heterocycles. The lowest BCUT2D eigenvalue weighted by Crippen LogP contribution is -2.04. The number of allylic oxidation sites excluding steroid dienone is 1. The van der Waals surface area contributed by atoms with Crippen molar-refractivity contribution in [2.24, 2.45) is 5.92 Å². The van der Waals surface area contributed by atoms with Crippen LogP contribution in [0.4, 0.5) is 0 Å². The van der Waals surface area contributed by atoms with Crippen LogP contribution in [0.2, 0.25) is 0 Å². The van der Waals surface area contributed by atoms with Crippen molar-refractivity contribution in [3.63, 3.8) is 0 Å². The van der Waals surface area contributed by atoms with Crippen LogP contribution < -0.4 is 0 Å². The number of benzene rings is 1. The highest BCUT2D eigenvalue weighted by Gasteiger charge is 2.16. The van der Waals surface area contributed by atoms with Crippen molar-refractivity contribution in [3.05, 3.63) is 76.5 Å². The van der Waals surface area contributed by atoms with Gasteiger partial charge < -0.3 is 0 Å². The van der Waals surface area contributed by atoms with Crippen molar-refractivity contribution in [3.8, 4) is 0 Å². The molecule has 23 heavy (non-hydrogen) atoms. The van der Waals surface area contributed by atoms with Crippen molar-refractivity contribution in [2.45, 2.75) is 39.5 Å². The number of pyridine rings is 1. The summed E-state index contributed by atoms with van der Waals surface area (Å²) in [4.78, 5) is 5.89. The zero-order valence-corrected chi connectivity index (χ0v) is 15.5. The molecule has 0 fully saturated rings. The molecular formula is C21H27NS. The van der Waals surface area contributed by atoms with Gasteiger partial charge in [-0.25, -0.2) is 0 Å². The van der Waals surface area contributed by atoms with Gasteiger partial charge in [0.2, 0.25) is 0 Å². The third-order valence-corrected chi connectivity index (χ3v) is 4.81. The summed E-state index contributed by atoms with van der Waals surface area (Å²) in [7, 11) is 0. The Morgan fingerprint density at radius 2 is 1.74 bits per heavy atom. The Balaban J connectivity index is 2.29. The molecule has 0 saturated heterocycles. The molecule has 1 heterocycles. The van der Waals surface area contributed by atoms with E-state index in [1.54, 1.807) is 11.8 Å². The predicted molar refractivity (Wildman–Crippen MR) is 103 cm³/mol. The van der Waals surface area contributed by atoms with Crippen LogP contribution >= 0.6 is 11.8 Å². The fraction of sp³-hybridized carbons (Fsp3) is 0.381. The molecule has 0 aliphatic rings. The minimum atomic E-state index is 0.330. The van der Waals surface area contributed by atoms with Gasteiger partial charge in [0.15, 0.2) is 0 Å². The first-order valence-electron chi connectivity index (χ1n) is 8.22. The molecular weight excluding hydrogens is 298 g/mol. The lowest BCUT2D eigenvalue weighted by Gasteiger charge is -2.19. The van der Waals surface area contributed by atoms with Crippen LogP contribution in [0, 0.1) is 12.8 Å². The van der Waals surface area contributed by atoms with E-state index in [0.29, 0.717) is 11.8 Å². The largest absolute Gasteiger partial charge is 0.261 e. The van der Waals surface area contributed by atoms with Crippen LogP contribution in [0.15, 0.2) is 54.1 Å². The maximum atomic E-state index is 4.68. The van der Waals surface area contributed by atoms with E-state index in [2.05, 4.69) is 81.2 Å². The van der Waals surface area contributed by atoms with E-state index in [0.717, 1.165) is 12.8 Å². The molecule has 0 aliphatic carbocycles. The first kappa shape index (κ1) is 17.8. The Labute approximate surface area is 145 Å². The predicted octanol–water partition coefficient (Wildman–Crippen LogP) is 5.99. The van der Waals surface area contributed by atoms with Gasteiger partial charge in [0, 0.05) is 17.8 Å². The fourth-order valence-corrected chi connectivity index (χ4v) is 3.05. The summed E-state index contributed by atoms with van der Waals surface area (Å²) in [5, 5.41) is 0. The molecule has 122 valence electrons. The topological polar surface area (TPSA) is 12.9 Å². The Morgan fingerprint density at radius 1 is 1.09 bits per heavy atom.